The highest BCUT2D eigenvalue weighted by molar-refractivity contribution is 7.22. The first kappa shape index (κ1) is 15.6. The van der Waals surface area contributed by atoms with Crippen LogP contribution in [0.3, 0.4) is 0 Å². The largest absolute Gasteiger partial charge is 0.416 e. The van der Waals surface area contributed by atoms with Gasteiger partial charge in [-0.25, -0.2) is 4.98 Å². The minimum Gasteiger partial charge on any atom is -0.396 e. The highest BCUT2D eigenvalue weighted by Gasteiger charge is 2.31. The van der Waals surface area contributed by atoms with Crippen LogP contribution in [0.4, 0.5) is 18.3 Å². The molecule has 1 fully saturated rings. The van der Waals surface area contributed by atoms with Crippen molar-refractivity contribution in [2.45, 2.75) is 25.4 Å². The quantitative estimate of drug-likeness (QED) is 0.927. The van der Waals surface area contributed by atoms with Gasteiger partial charge < -0.3 is 10.0 Å². The van der Waals surface area contributed by atoms with Gasteiger partial charge in [-0.3, -0.25) is 0 Å². The second-order valence-electron chi connectivity index (χ2n) is 5.62. The topological polar surface area (TPSA) is 36.4 Å². The number of hydrogen-bond acceptors (Lipinski definition) is 4. The molecule has 1 aliphatic heterocycles. The van der Waals surface area contributed by atoms with Gasteiger partial charge in [0.15, 0.2) is 5.13 Å². The van der Waals surface area contributed by atoms with Gasteiger partial charge in [0.05, 0.1) is 15.8 Å². The molecule has 1 aromatic carbocycles. The molecule has 0 radical (unpaired) electrons. The Morgan fingerprint density at radius 2 is 2.00 bits per heavy atom. The third-order valence-electron chi connectivity index (χ3n) is 4.13. The first-order valence-corrected chi connectivity index (χ1v) is 8.12. The zero-order valence-corrected chi connectivity index (χ0v) is 12.8. The fraction of sp³-hybridized carbons (Fsp3) is 0.533. The molecule has 0 amide bonds. The summed E-state index contributed by atoms with van der Waals surface area (Å²) in [6.45, 7) is 1.90. The zero-order chi connectivity index (χ0) is 15.7. The highest BCUT2D eigenvalue weighted by Crippen LogP contribution is 2.36. The molecular formula is C15H17F3N2OS. The summed E-state index contributed by atoms with van der Waals surface area (Å²) < 4.78 is 38.8. The lowest BCUT2D eigenvalue weighted by Crippen LogP contribution is -2.33. The average molecular weight is 330 g/mol. The summed E-state index contributed by atoms with van der Waals surface area (Å²) in [6, 6.07) is 3.70. The minimum atomic E-state index is -4.32. The number of rotatable bonds is 3. The summed E-state index contributed by atoms with van der Waals surface area (Å²) in [5.41, 5.74) is -0.0117. The summed E-state index contributed by atoms with van der Waals surface area (Å²) in [7, 11) is 0. The van der Waals surface area contributed by atoms with Crippen LogP contribution in [0.15, 0.2) is 18.2 Å². The van der Waals surface area contributed by atoms with E-state index in [1.807, 2.05) is 0 Å². The van der Waals surface area contributed by atoms with E-state index in [0.29, 0.717) is 16.1 Å². The van der Waals surface area contributed by atoms with E-state index in [1.54, 1.807) is 0 Å². The summed E-state index contributed by atoms with van der Waals surface area (Å²) in [4.78, 5) is 6.59. The molecule has 1 aromatic heterocycles. The minimum absolute atomic E-state index is 0.214. The van der Waals surface area contributed by atoms with Crippen LogP contribution in [-0.2, 0) is 6.18 Å². The SMILES string of the molecule is OCCC1CCN(c2nc3ccc(C(F)(F)F)cc3s2)CC1. The molecular weight excluding hydrogens is 313 g/mol. The maximum absolute atomic E-state index is 12.7. The predicted molar refractivity (Wildman–Crippen MR) is 81.3 cm³/mol. The van der Waals surface area contributed by atoms with Gasteiger partial charge in [0, 0.05) is 19.7 Å². The van der Waals surface area contributed by atoms with Gasteiger partial charge in [0.25, 0.3) is 0 Å². The number of anilines is 1. The van der Waals surface area contributed by atoms with E-state index in [0.717, 1.165) is 43.5 Å². The Balaban J connectivity index is 1.78. The fourth-order valence-electron chi connectivity index (χ4n) is 2.82. The monoisotopic (exact) mass is 330 g/mol. The van der Waals surface area contributed by atoms with E-state index < -0.39 is 11.7 Å². The van der Waals surface area contributed by atoms with Gasteiger partial charge in [-0.2, -0.15) is 13.2 Å². The van der Waals surface area contributed by atoms with Crippen molar-refractivity contribution in [2.24, 2.45) is 5.92 Å². The van der Waals surface area contributed by atoms with Crippen molar-refractivity contribution in [3.05, 3.63) is 23.8 Å². The smallest absolute Gasteiger partial charge is 0.396 e. The molecule has 0 bridgehead atoms. The van der Waals surface area contributed by atoms with Crippen LogP contribution >= 0.6 is 11.3 Å². The van der Waals surface area contributed by atoms with Gasteiger partial charge in [-0.1, -0.05) is 11.3 Å². The fourth-order valence-corrected chi connectivity index (χ4v) is 3.88. The second kappa shape index (κ2) is 6.04. The van der Waals surface area contributed by atoms with Crippen LogP contribution < -0.4 is 4.90 Å². The number of aromatic nitrogens is 1. The van der Waals surface area contributed by atoms with Gasteiger partial charge in [-0.15, -0.1) is 0 Å². The van der Waals surface area contributed by atoms with E-state index in [1.165, 1.54) is 23.5 Å². The van der Waals surface area contributed by atoms with E-state index in [2.05, 4.69) is 9.88 Å². The predicted octanol–water partition coefficient (Wildman–Crippen LogP) is 3.91. The third kappa shape index (κ3) is 3.20. The Bertz CT molecular complexity index is 648. The summed E-state index contributed by atoms with van der Waals surface area (Å²) in [5.74, 6) is 0.535. The molecule has 3 nitrogen and oxygen atoms in total. The molecule has 2 aromatic rings. The number of piperidine rings is 1. The Hall–Kier alpha value is -1.34. The maximum atomic E-state index is 12.7. The summed E-state index contributed by atoms with van der Waals surface area (Å²) >= 11 is 1.31. The van der Waals surface area contributed by atoms with Crippen molar-refractivity contribution in [1.29, 1.82) is 0 Å². The Labute approximate surface area is 130 Å². The number of fused-ring (bicyclic) bond motifs is 1. The summed E-state index contributed by atoms with van der Waals surface area (Å²) in [6.07, 6.45) is -1.52. The molecule has 2 heterocycles. The normalized spacial score (nSPS) is 17.4. The van der Waals surface area contributed by atoms with Crippen molar-refractivity contribution in [2.75, 3.05) is 24.6 Å². The van der Waals surface area contributed by atoms with Crippen molar-refractivity contribution >= 4 is 26.7 Å². The van der Waals surface area contributed by atoms with E-state index >= 15 is 0 Å². The number of alkyl halides is 3. The van der Waals surface area contributed by atoms with Crippen LogP contribution in [0.5, 0.6) is 0 Å². The number of nitrogens with zero attached hydrogens (tertiary/aromatic N) is 2. The second-order valence-corrected chi connectivity index (χ2v) is 6.63. The molecule has 0 aliphatic carbocycles. The lowest BCUT2D eigenvalue weighted by atomic mass is 9.94. The molecule has 1 aliphatic rings. The molecule has 120 valence electrons. The van der Waals surface area contributed by atoms with Crippen LogP contribution in [0, 0.1) is 5.92 Å². The molecule has 22 heavy (non-hydrogen) atoms. The summed E-state index contributed by atoms with van der Waals surface area (Å²) in [5, 5.41) is 9.76. The number of thiazole rings is 1. The Kier molecular flexibility index (Phi) is 4.27. The Morgan fingerprint density at radius 1 is 1.27 bits per heavy atom. The van der Waals surface area contributed by atoms with Crippen LogP contribution in [-0.4, -0.2) is 29.8 Å². The highest BCUT2D eigenvalue weighted by atomic mass is 32.1. The van der Waals surface area contributed by atoms with Gasteiger partial charge in [0.1, 0.15) is 0 Å². The maximum Gasteiger partial charge on any atom is 0.416 e. The molecule has 0 spiro atoms. The van der Waals surface area contributed by atoms with E-state index in [9.17, 15) is 13.2 Å². The molecule has 1 N–H and O–H groups in total. The van der Waals surface area contributed by atoms with Gasteiger partial charge in [-0.05, 0) is 43.4 Å². The van der Waals surface area contributed by atoms with Crippen LogP contribution in [0.25, 0.3) is 10.2 Å². The number of hydrogen-bond donors (Lipinski definition) is 1. The number of benzene rings is 1. The van der Waals surface area contributed by atoms with Crippen molar-refractivity contribution in [3.8, 4) is 0 Å². The molecule has 0 atom stereocenters. The molecule has 0 unspecified atom stereocenters. The van der Waals surface area contributed by atoms with Crippen molar-refractivity contribution in [1.82, 2.24) is 4.98 Å². The molecule has 1 saturated heterocycles. The van der Waals surface area contributed by atoms with Crippen molar-refractivity contribution in [3.63, 3.8) is 0 Å². The van der Waals surface area contributed by atoms with Crippen LogP contribution in [0.2, 0.25) is 0 Å². The van der Waals surface area contributed by atoms with E-state index in [4.69, 9.17) is 5.11 Å². The standard InChI is InChI=1S/C15H17F3N2OS/c16-15(17,18)11-1-2-12-13(9-11)22-14(19-12)20-6-3-10(4-7-20)5-8-21/h1-2,9-10,21H,3-8H2. The molecule has 0 saturated carbocycles. The number of halogens is 3. The van der Waals surface area contributed by atoms with Gasteiger partial charge in [0.2, 0.25) is 0 Å². The van der Waals surface area contributed by atoms with Gasteiger partial charge >= 0.3 is 6.18 Å². The third-order valence-corrected chi connectivity index (χ3v) is 5.21. The lowest BCUT2D eigenvalue weighted by molar-refractivity contribution is -0.137. The number of aliphatic hydroxyl groups excluding tert-OH is 1. The first-order valence-electron chi connectivity index (χ1n) is 7.31. The molecule has 7 heteroatoms. The zero-order valence-electron chi connectivity index (χ0n) is 11.9. The Morgan fingerprint density at radius 3 is 2.64 bits per heavy atom. The lowest BCUT2D eigenvalue weighted by Gasteiger charge is -2.31. The van der Waals surface area contributed by atoms with Crippen LogP contribution in [0.1, 0.15) is 24.8 Å². The first-order chi connectivity index (χ1) is 10.5. The molecule has 3 rings (SSSR count). The average Bonchev–Trinajstić information content (AvgIpc) is 2.90. The van der Waals surface area contributed by atoms with E-state index in [-0.39, 0.29) is 6.61 Å². The van der Waals surface area contributed by atoms with Crippen molar-refractivity contribution < 1.29 is 18.3 Å². The number of aliphatic hydroxyl groups is 1.